The lowest BCUT2D eigenvalue weighted by Gasteiger charge is -2.36. The second-order valence-electron chi connectivity index (χ2n) is 9.59. The number of carbonyl (C=O) groups is 2. The van der Waals surface area contributed by atoms with E-state index < -0.39 is 5.92 Å². The monoisotopic (exact) mass is 451 g/mol. The number of benzene rings is 1. The predicted octanol–water partition coefficient (Wildman–Crippen LogP) is 3.30. The molecule has 3 heterocycles. The van der Waals surface area contributed by atoms with E-state index in [4.69, 9.17) is 5.10 Å². The highest BCUT2D eigenvalue weighted by atomic mass is 16.1. The molecule has 2 unspecified atom stereocenters. The number of carbonyl (C=O) groups excluding carboxylic acids is 2. The van der Waals surface area contributed by atoms with Crippen LogP contribution < -0.4 is 15.5 Å². The van der Waals surface area contributed by atoms with E-state index in [0.29, 0.717) is 18.9 Å². The van der Waals surface area contributed by atoms with Gasteiger partial charge in [-0.25, -0.2) is 0 Å². The third kappa shape index (κ3) is 5.13. The van der Waals surface area contributed by atoms with Gasteiger partial charge in [-0.05, 0) is 76.2 Å². The molecule has 1 amide bonds. The van der Waals surface area contributed by atoms with E-state index >= 15 is 0 Å². The molecule has 2 atom stereocenters. The summed E-state index contributed by atoms with van der Waals surface area (Å²) < 4.78 is 1.86. The summed E-state index contributed by atoms with van der Waals surface area (Å²) in [5.41, 5.74) is 4.56. The van der Waals surface area contributed by atoms with E-state index in [9.17, 15) is 9.59 Å². The Labute approximate surface area is 196 Å². The van der Waals surface area contributed by atoms with Gasteiger partial charge in [-0.1, -0.05) is 11.6 Å². The zero-order valence-corrected chi connectivity index (χ0v) is 20.1. The maximum atomic E-state index is 12.5. The topological polar surface area (TPSA) is 79.3 Å². The van der Waals surface area contributed by atoms with E-state index in [1.54, 1.807) is 12.6 Å². The smallest absolute Gasteiger partial charge is 0.228 e. The number of likely N-dealkylation sites (N-methyl/N-ethyl adjacent to an activating group) is 1. The minimum Gasteiger partial charge on any atom is -0.365 e. The van der Waals surface area contributed by atoms with Gasteiger partial charge in [-0.2, -0.15) is 5.10 Å². The molecular weight excluding hydrogens is 414 g/mol. The van der Waals surface area contributed by atoms with E-state index in [1.165, 1.54) is 24.9 Å². The Morgan fingerprint density at radius 1 is 1.33 bits per heavy atom. The van der Waals surface area contributed by atoms with Crippen LogP contribution in [0.4, 0.5) is 5.69 Å². The summed E-state index contributed by atoms with van der Waals surface area (Å²) in [6, 6.07) is 6.87. The van der Waals surface area contributed by atoms with Crippen molar-refractivity contribution in [1.82, 2.24) is 20.4 Å². The third-order valence-electron chi connectivity index (χ3n) is 7.34. The molecule has 1 aromatic heterocycles. The Kier molecular flexibility index (Phi) is 7.48. The SMILES string of the molecule is CNC(=O)C(CCC=O)c1nn(C)c2cc(N3CC=C(CC4CCNCC4)CC3C)ccc12. The van der Waals surface area contributed by atoms with Crippen molar-refractivity contribution in [2.45, 2.75) is 57.4 Å². The molecule has 1 aromatic carbocycles. The van der Waals surface area contributed by atoms with Crippen molar-refractivity contribution in [1.29, 1.82) is 0 Å². The number of piperidine rings is 1. The molecule has 0 saturated carbocycles. The van der Waals surface area contributed by atoms with Crippen LogP contribution in [-0.2, 0) is 16.6 Å². The van der Waals surface area contributed by atoms with Crippen LogP contribution in [-0.4, -0.2) is 54.7 Å². The minimum atomic E-state index is -0.427. The van der Waals surface area contributed by atoms with Gasteiger partial charge in [-0.15, -0.1) is 0 Å². The molecule has 2 aromatic rings. The fourth-order valence-electron chi connectivity index (χ4n) is 5.47. The number of aryl methyl sites for hydroxylation is 1. The van der Waals surface area contributed by atoms with Crippen molar-refractivity contribution in [3.05, 3.63) is 35.5 Å². The number of anilines is 1. The third-order valence-corrected chi connectivity index (χ3v) is 7.34. The van der Waals surface area contributed by atoms with Gasteiger partial charge in [0.1, 0.15) is 6.29 Å². The summed E-state index contributed by atoms with van der Waals surface area (Å²) in [7, 11) is 3.55. The van der Waals surface area contributed by atoms with Crippen molar-refractivity contribution < 1.29 is 9.59 Å². The van der Waals surface area contributed by atoms with Crippen molar-refractivity contribution in [2.75, 3.05) is 31.6 Å². The molecule has 0 spiro atoms. The highest BCUT2D eigenvalue weighted by molar-refractivity contribution is 5.92. The number of hydrogen-bond donors (Lipinski definition) is 2. The van der Waals surface area contributed by atoms with Crippen LogP contribution in [0, 0.1) is 5.92 Å². The van der Waals surface area contributed by atoms with E-state index in [-0.39, 0.29) is 5.91 Å². The number of nitrogens with one attached hydrogen (secondary N) is 2. The second kappa shape index (κ2) is 10.5. The quantitative estimate of drug-likeness (QED) is 0.476. The summed E-state index contributed by atoms with van der Waals surface area (Å²) in [4.78, 5) is 25.9. The maximum Gasteiger partial charge on any atom is 0.228 e. The van der Waals surface area contributed by atoms with Crippen LogP contribution in [0.1, 0.15) is 57.1 Å². The van der Waals surface area contributed by atoms with Crippen molar-refractivity contribution in [2.24, 2.45) is 13.0 Å². The van der Waals surface area contributed by atoms with Crippen LogP contribution >= 0.6 is 0 Å². The van der Waals surface area contributed by atoms with Crippen LogP contribution in [0.2, 0.25) is 0 Å². The predicted molar refractivity (Wildman–Crippen MR) is 133 cm³/mol. The fourth-order valence-corrected chi connectivity index (χ4v) is 5.47. The number of aromatic nitrogens is 2. The molecule has 2 aliphatic heterocycles. The van der Waals surface area contributed by atoms with Crippen molar-refractivity contribution in [3.63, 3.8) is 0 Å². The Morgan fingerprint density at radius 3 is 2.82 bits per heavy atom. The molecule has 178 valence electrons. The van der Waals surface area contributed by atoms with Crippen LogP contribution in [0.3, 0.4) is 0 Å². The van der Waals surface area contributed by atoms with Crippen LogP contribution in [0.5, 0.6) is 0 Å². The second-order valence-corrected chi connectivity index (χ2v) is 9.59. The largest absolute Gasteiger partial charge is 0.365 e. The van der Waals surface area contributed by atoms with Crippen molar-refractivity contribution >= 4 is 28.8 Å². The number of rotatable bonds is 8. The summed E-state index contributed by atoms with van der Waals surface area (Å²) in [6.07, 6.45) is 9.04. The summed E-state index contributed by atoms with van der Waals surface area (Å²) in [6.45, 7) is 5.55. The molecule has 2 aliphatic rings. The lowest BCUT2D eigenvalue weighted by atomic mass is 9.87. The molecule has 7 nitrogen and oxygen atoms in total. The number of fused-ring (bicyclic) bond motifs is 1. The lowest BCUT2D eigenvalue weighted by molar-refractivity contribution is -0.122. The van der Waals surface area contributed by atoms with E-state index in [2.05, 4.69) is 46.7 Å². The van der Waals surface area contributed by atoms with Gasteiger partial charge in [0.05, 0.1) is 17.1 Å². The summed E-state index contributed by atoms with van der Waals surface area (Å²) in [5, 5.41) is 11.9. The van der Waals surface area contributed by atoms with Gasteiger partial charge in [0.25, 0.3) is 0 Å². The fraction of sp³-hybridized carbons (Fsp3) is 0.577. The number of hydrogen-bond acceptors (Lipinski definition) is 5. The van der Waals surface area contributed by atoms with Crippen LogP contribution in [0.15, 0.2) is 29.8 Å². The molecular formula is C26H37N5O2. The Hall–Kier alpha value is -2.67. The molecule has 1 saturated heterocycles. The van der Waals surface area contributed by atoms with Gasteiger partial charge < -0.3 is 20.3 Å². The molecule has 2 N–H and O–H groups in total. The average molecular weight is 452 g/mol. The van der Waals surface area contributed by atoms with Gasteiger partial charge in [0, 0.05) is 44.2 Å². The first-order valence-corrected chi connectivity index (χ1v) is 12.3. The summed E-state index contributed by atoms with van der Waals surface area (Å²) in [5.74, 6) is 0.300. The minimum absolute atomic E-state index is 0.100. The molecule has 4 rings (SSSR count). The van der Waals surface area contributed by atoms with Crippen LogP contribution in [0.25, 0.3) is 10.9 Å². The van der Waals surface area contributed by atoms with E-state index in [0.717, 1.165) is 54.9 Å². The Balaban J connectivity index is 1.55. The first-order valence-electron chi connectivity index (χ1n) is 12.3. The highest BCUT2D eigenvalue weighted by Gasteiger charge is 2.27. The van der Waals surface area contributed by atoms with Crippen molar-refractivity contribution in [3.8, 4) is 0 Å². The molecule has 0 radical (unpaired) electrons. The molecule has 33 heavy (non-hydrogen) atoms. The first kappa shape index (κ1) is 23.5. The van der Waals surface area contributed by atoms with Gasteiger partial charge >= 0.3 is 0 Å². The first-order chi connectivity index (χ1) is 16.0. The van der Waals surface area contributed by atoms with Gasteiger partial charge in [0.2, 0.25) is 5.91 Å². The standard InChI is InChI=1S/C26H37N5O2/c1-18-15-20(16-19-8-11-28-12-9-19)10-13-31(18)21-6-7-22-24(17-21)30(3)29-25(22)23(5-4-14-32)26(33)27-2/h6-7,10,14,17-19,23,28H,4-5,8-9,11-13,15-16H2,1-3H3,(H,27,33). The van der Waals surface area contributed by atoms with Gasteiger partial charge in [0.15, 0.2) is 0 Å². The summed E-state index contributed by atoms with van der Waals surface area (Å²) >= 11 is 0. The number of aldehydes is 1. The Bertz CT molecular complexity index is 1020. The average Bonchev–Trinajstić information content (AvgIpc) is 3.15. The number of amides is 1. The lowest BCUT2D eigenvalue weighted by Crippen LogP contribution is -2.37. The maximum absolute atomic E-state index is 12.5. The van der Waals surface area contributed by atoms with E-state index in [1.807, 2.05) is 11.7 Å². The Morgan fingerprint density at radius 2 is 2.12 bits per heavy atom. The highest BCUT2D eigenvalue weighted by Crippen LogP contribution is 2.34. The zero-order chi connectivity index (χ0) is 23.4. The van der Waals surface area contributed by atoms with Gasteiger partial charge in [-0.3, -0.25) is 9.48 Å². The molecule has 1 fully saturated rings. The number of nitrogens with zero attached hydrogens (tertiary/aromatic N) is 3. The zero-order valence-electron chi connectivity index (χ0n) is 20.1. The molecule has 0 bridgehead atoms. The molecule has 0 aliphatic carbocycles. The normalized spacial score (nSPS) is 20.5. The molecule has 7 heteroatoms.